The zero-order valence-corrected chi connectivity index (χ0v) is 20.3. The number of rotatable bonds is 6. The number of likely N-dealkylation sites (N-methyl/N-ethyl adjacent to an activating group) is 1. The minimum absolute atomic E-state index is 0.0727. The third-order valence-corrected chi connectivity index (χ3v) is 6.67. The Hall–Kier alpha value is -4.04. The van der Waals surface area contributed by atoms with Gasteiger partial charge in [-0.1, -0.05) is 18.2 Å². The maximum atomic E-state index is 13.3. The summed E-state index contributed by atoms with van der Waals surface area (Å²) in [5.41, 5.74) is 4.88. The summed E-state index contributed by atoms with van der Waals surface area (Å²) in [6.45, 7) is 4.24. The highest BCUT2D eigenvalue weighted by Crippen LogP contribution is 2.37. The van der Waals surface area contributed by atoms with E-state index in [4.69, 9.17) is 9.72 Å². The SMILES string of the molecule is CCN(C(=O)CN1C(=O)COc2ccc(-c3csc(-c4ccccn4)n3)cc21)c1cccc(C)c1. The highest BCUT2D eigenvalue weighted by atomic mass is 32.1. The fourth-order valence-corrected chi connectivity index (χ4v) is 4.87. The summed E-state index contributed by atoms with van der Waals surface area (Å²) in [7, 11) is 0. The van der Waals surface area contributed by atoms with Gasteiger partial charge in [-0.15, -0.1) is 11.3 Å². The minimum Gasteiger partial charge on any atom is -0.482 e. The molecule has 0 aliphatic carbocycles. The average molecular weight is 485 g/mol. The molecule has 2 aromatic carbocycles. The van der Waals surface area contributed by atoms with Gasteiger partial charge in [0, 0.05) is 29.4 Å². The van der Waals surface area contributed by atoms with Gasteiger partial charge in [-0.3, -0.25) is 19.5 Å². The molecular weight excluding hydrogens is 460 g/mol. The van der Waals surface area contributed by atoms with Crippen molar-refractivity contribution in [3.63, 3.8) is 0 Å². The summed E-state index contributed by atoms with van der Waals surface area (Å²) in [5, 5.41) is 2.78. The number of aryl methyl sites for hydroxylation is 1. The third-order valence-electron chi connectivity index (χ3n) is 5.81. The first-order chi connectivity index (χ1) is 17.0. The Bertz CT molecular complexity index is 1390. The summed E-state index contributed by atoms with van der Waals surface area (Å²) < 4.78 is 5.66. The van der Waals surface area contributed by atoms with E-state index >= 15 is 0 Å². The first kappa shape index (κ1) is 22.7. The molecule has 0 spiro atoms. The van der Waals surface area contributed by atoms with Crippen LogP contribution in [-0.2, 0) is 9.59 Å². The van der Waals surface area contributed by atoms with E-state index in [1.807, 2.05) is 79.9 Å². The van der Waals surface area contributed by atoms with Crippen LogP contribution in [0, 0.1) is 6.92 Å². The number of hydrogen-bond donors (Lipinski definition) is 0. The van der Waals surface area contributed by atoms with Crippen molar-refractivity contribution in [1.29, 1.82) is 0 Å². The van der Waals surface area contributed by atoms with E-state index in [1.54, 1.807) is 11.1 Å². The molecule has 0 saturated heterocycles. The number of carbonyl (C=O) groups is 2. The number of ether oxygens (including phenoxy) is 1. The van der Waals surface area contributed by atoms with Crippen LogP contribution in [0.1, 0.15) is 12.5 Å². The predicted octanol–water partition coefficient (Wildman–Crippen LogP) is 4.96. The first-order valence-corrected chi connectivity index (χ1v) is 12.2. The van der Waals surface area contributed by atoms with Crippen LogP contribution in [0.15, 0.2) is 72.2 Å². The van der Waals surface area contributed by atoms with Crippen LogP contribution in [0.2, 0.25) is 0 Å². The van der Waals surface area contributed by atoms with Crippen molar-refractivity contribution in [2.45, 2.75) is 13.8 Å². The van der Waals surface area contributed by atoms with Crippen molar-refractivity contribution in [3.8, 4) is 27.7 Å². The van der Waals surface area contributed by atoms with Crippen molar-refractivity contribution in [2.75, 3.05) is 29.5 Å². The lowest BCUT2D eigenvalue weighted by Crippen LogP contribution is -2.46. The second-order valence-electron chi connectivity index (χ2n) is 8.18. The smallest absolute Gasteiger partial charge is 0.265 e. The molecule has 3 heterocycles. The molecule has 2 aromatic heterocycles. The van der Waals surface area contributed by atoms with E-state index in [2.05, 4.69) is 4.98 Å². The fourth-order valence-electron chi connectivity index (χ4n) is 4.07. The number of amides is 2. The Morgan fingerprint density at radius 1 is 1.11 bits per heavy atom. The molecule has 8 heteroatoms. The number of fused-ring (bicyclic) bond motifs is 1. The zero-order chi connectivity index (χ0) is 24.4. The number of pyridine rings is 1. The molecule has 1 aliphatic rings. The summed E-state index contributed by atoms with van der Waals surface area (Å²) in [6.07, 6.45) is 1.74. The highest BCUT2D eigenvalue weighted by molar-refractivity contribution is 7.13. The van der Waals surface area contributed by atoms with Gasteiger partial charge in [0.15, 0.2) is 6.61 Å². The summed E-state index contributed by atoms with van der Waals surface area (Å²) >= 11 is 1.51. The van der Waals surface area contributed by atoms with Crippen LogP contribution >= 0.6 is 11.3 Å². The molecule has 1 aliphatic heterocycles. The lowest BCUT2D eigenvalue weighted by Gasteiger charge is -2.31. The quantitative estimate of drug-likeness (QED) is 0.387. The molecule has 5 rings (SSSR count). The van der Waals surface area contributed by atoms with Gasteiger partial charge in [0.2, 0.25) is 5.91 Å². The van der Waals surface area contributed by atoms with Crippen LogP contribution in [-0.4, -0.2) is 41.5 Å². The Morgan fingerprint density at radius 2 is 2.00 bits per heavy atom. The Kier molecular flexibility index (Phi) is 6.29. The molecule has 2 amide bonds. The molecule has 0 saturated carbocycles. The molecule has 7 nitrogen and oxygen atoms in total. The maximum Gasteiger partial charge on any atom is 0.265 e. The van der Waals surface area contributed by atoms with Gasteiger partial charge < -0.3 is 9.64 Å². The number of thiazole rings is 1. The van der Waals surface area contributed by atoms with E-state index in [9.17, 15) is 9.59 Å². The molecular formula is C27H24N4O3S. The number of benzene rings is 2. The number of hydrogen-bond acceptors (Lipinski definition) is 6. The van der Waals surface area contributed by atoms with Crippen molar-refractivity contribution < 1.29 is 14.3 Å². The lowest BCUT2D eigenvalue weighted by molar-refractivity contribution is -0.124. The van der Waals surface area contributed by atoms with Crippen molar-refractivity contribution >= 4 is 34.5 Å². The topological polar surface area (TPSA) is 75.6 Å². The number of carbonyl (C=O) groups excluding carboxylic acids is 2. The van der Waals surface area contributed by atoms with E-state index < -0.39 is 0 Å². The number of anilines is 2. The van der Waals surface area contributed by atoms with E-state index in [1.165, 1.54) is 16.2 Å². The van der Waals surface area contributed by atoms with Gasteiger partial charge >= 0.3 is 0 Å². The first-order valence-electron chi connectivity index (χ1n) is 11.3. The lowest BCUT2D eigenvalue weighted by atomic mass is 10.1. The van der Waals surface area contributed by atoms with Crippen molar-refractivity contribution in [3.05, 3.63) is 77.8 Å². The van der Waals surface area contributed by atoms with Gasteiger partial charge in [0.25, 0.3) is 5.91 Å². The molecule has 35 heavy (non-hydrogen) atoms. The van der Waals surface area contributed by atoms with E-state index in [0.29, 0.717) is 18.0 Å². The van der Waals surface area contributed by atoms with Crippen molar-refractivity contribution in [2.24, 2.45) is 0 Å². The van der Waals surface area contributed by atoms with E-state index in [-0.39, 0.29) is 25.0 Å². The molecule has 0 N–H and O–H groups in total. The highest BCUT2D eigenvalue weighted by Gasteiger charge is 2.29. The molecule has 0 unspecified atom stereocenters. The number of aromatic nitrogens is 2. The standard InChI is InChI=1S/C27H24N4O3S/c1-3-30(20-8-6-7-18(2)13-20)25(32)15-31-23-14-19(10-11-24(23)34-16-26(31)33)22-17-35-27(29-22)21-9-4-5-12-28-21/h4-14,17H,3,15-16H2,1-2H3. The van der Waals surface area contributed by atoms with E-state index in [0.717, 1.165) is 33.2 Å². The van der Waals surface area contributed by atoms with Crippen LogP contribution < -0.4 is 14.5 Å². The van der Waals surface area contributed by atoms with Crippen LogP contribution in [0.5, 0.6) is 5.75 Å². The van der Waals surface area contributed by atoms with Gasteiger partial charge in [-0.05, 0) is 61.9 Å². The fraction of sp³-hybridized carbons (Fsp3) is 0.185. The molecule has 0 bridgehead atoms. The molecule has 0 atom stereocenters. The molecule has 176 valence electrons. The monoisotopic (exact) mass is 484 g/mol. The minimum atomic E-state index is -0.254. The Labute approximate surface area is 207 Å². The summed E-state index contributed by atoms with van der Waals surface area (Å²) in [6, 6.07) is 19.1. The third kappa shape index (κ3) is 4.65. The second kappa shape index (κ2) is 9.68. The predicted molar refractivity (Wildman–Crippen MR) is 138 cm³/mol. The molecule has 0 radical (unpaired) electrons. The van der Waals surface area contributed by atoms with Crippen LogP contribution in [0.25, 0.3) is 22.0 Å². The van der Waals surface area contributed by atoms with Gasteiger partial charge in [-0.2, -0.15) is 0 Å². The largest absolute Gasteiger partial charge is 0.482 e. The van der Waals surface area contributed by atoms with Gasteiger partial charge in [0.1, 0.15) is 17.3 Å². The maximum absolute atomic E-state index is 13.3. The van der Waals surface area contributed by atoms with Crippen molar-refractivity contribution in [1.82, 2.24) is 9.97 Å². The van der Waals surface area contributed by atoms with Crippen LogP contribution in [0.4, 0.5) is 11.4 Å². The van der Waals surface area contributed by atoms with Gasteiger partial charge in [-0.25, -0.2) is 4.98 Å². The summed E-state index contributed by atoms with van der Waals surface area (Å²) in [5.74, 6) is 0.159. The second-order valence-corrected chi connectivity index (χ2v) is 9.04. The average Bonchev–Trinajstić information content (AvgIpc) is 3.37. The Balaban J connectivity index is 1.44. The van der Waals surface area contributed by atoms with Crippen LogP contribution in [0.3, 0.4) is 0 Å². The molecule has 0 fully saturated rings. The molecule has 4 aromatic rings. The summed E-state index contributed by atoms with van der Waals surface area (Å²) in [4.78, 5) is 38.4. The normalized spacial score (nSPS) is 12.7. The zero-order valence-electron chi connectivity index (χ0n) is 19.5. The van der Waals surface area contributed by atoms with Gasteiger partial charge in [0.05, 0.1) is 17.1 Å². The Morgan fingerprint density at radius 3 is 2.77 bits per heavy atom. The number of nitrogens with zero attached hydrogens (tertiary/aromatic N) is 4.